The van der Waals surface area contributed by atoms with E-state index < -0.39 is 39.3 Å². The van der Waals surface area contributed by atoms with Gasteiger partial charge in [-0.25, -0.2) is 4.57 Å². The van der Waals surface area contributed by atoms with E-state index in [9.17, 15) is 9.36 Å². The number of hydrogen-bond acceptors (Lipinski definition) is 5. The summed E-state index contributed by atoms with van der Waals surface area (Å²) in [5.41, 5.74) is 0. The highest BCUT2D eigenvalue weighted by molar-refractivity contribution is 7.46. The molecule has 2 atom stereocenters. The lowest BCUT2D eigenvalue weighted by atomic mass is 10.2. The van der Waals surface area contributed by atoms with Gasteiger partial charge in [-0.3, -0.25) is 4.52 Å². The van der Waals surface area contributed by atoms with Gasteiger partial charge in [0.25, 0.3) is 0 Å². The molecule has 0 radical (unpaired) electrons. The summed E-state index contributed by atoms with van der Waals surface area (Å²) in [7, 11) is -4.70. The lowest BCUT2D eigenvalue weighted by molar-refractivity contribution is -0.111. The predicted octanol–water partition coefficient (Wildman–Crippen LogP) is -1.59. The van der Waals surface area contributed by atoms with Crippen molar-refractivity contribution in [1.82, 2.24) is 0 Å². The number of hydrogen-bond donors (Lipinski definition) is 4. The van der Waals surface area contributed by atoms with Crippen LogP contribution in [0.3, 0.4) is 0 Å². The lowest BCUT2D eigenvalue weighted by Crippen LogP contribution is -2.30. The number of rotatable bonds is 6. The van der Waals surface area contributed by atoms with E-state index >= 15 is 0 Å². The molecule has 0 bridgehead atoms. The van der Waals surface area contributed by atoms with Crippen LogP contribution in [0, 0.1) is 0 Å². The molecule has 8 heteroatoms. The largest absolute Gasteiger partial charge is 0.469 e. The summed E-state index contributed by atoms with van der Waals surface area (Å²) >= 11 is 0. The zero-order valence-corrected chi connectivity index (χ0v) is 7.42. The summed E-state index contributed by atoms with van der Waals surface area (Å²) in [5.74, 6) is 0. The van der Waals surface area contributed by atoms with Crippen LogP contribution in [-0.2, 0) is 13.9 Å². The van der Waals surface area contributed by atoms with Crippen LogP contribution in [0.5, 0.6) is 0 Å². The molecule has 0 aliphatic carbocycles. The second kappa shape index (κ2) is 5.43. The van der Waals surface area contributed by atoms with Crippen LogP contribution in [0.2, 0.25) is 0 Å². The highest BCUT2D eigenvalue weighted by Gasteiger charge is 2.21. The first-order chi connectivity index (χ1) is 6.22. The Hall–Kier alpha value is -0.300. The molecule has 0 saturated carbocycles. The van der Waals surface area contributed by atoms with Crippen LogP contribution in [0.25, 0.3) is 0 Å². The van der Waals surface area contributed by atoms with Crippen molar-refractivity contribution < 1.29 is 35.3 Å². The molecule has 78 valence electrons. The first-order valence-corrected chi connectivity index (χ1v) is 4.81. The third kappa shape index (κ3) is 6.83. The standard InChI is InChI=1S/C5H11O7P/c6-2-1-4(7)5(8)3-12-13(9,10)11/h2,4-5,7-8H,1,3H2,(H2,9,10,11)/t4-,5-/m1/s1/i2D. The van der Waals surface area contributed by atoms with E-state index in [1.807, 2.05) is 0 Å². The van der Waals surface area contributed by atoms with Gasteiger partial charge in [-0.2, -0.15) is 0 Å². The SMILES string of the molecule is [2H]C(=O)C[C@@H](O)[C@H](O)COP(=O)(O)O. The third-order valence-corrected chi connectivity index (χ3v) is 1.64. The monoisotopic (exact) mass is 215 g/mol. The molecule has 0 unspecified atom stereocenters. The normalized spacial score (nSPS) is 17.7. The molecule has 0 aromatic heterocycles. The van der Waals surface area contributed by atoms with Gasteiger partial charge in [-0.1, -0.05) is 0 Å². The molecule has 0 amide bonds. The maximum absolute atomic E-state index is 10.2. The fourth-order valence-electron chi connectivity index (χ4n) is 0.506. The molecule has 0 aromatic rings. The Morgan fingerprint density at radius 2 is 2.00 bits per heavy atom. The Balaban J connectivity index is 3.90. The Labute approximate surface area is 75.6 Å². The molecule has 7 nitrogen and oxygen atoms in total. The number of phosphoric ester groups is 1. The first-order valence-electron chi connectivity index (χ1n) is 3.78. The van der Waals surface area contributed by atoms with Gasteiger partial charge >= 0.3 is 7.82 Å². The smallest absolute Gasteiger partial charge is 0.390 e. The number of carbonyl (C=O) groups excluding carboxylic acids is 1. The van der Waals surface area contributed by atoms with E-state index in [4.69, 9.17) is 21.4 Å². The molecule has 0 rings (SSSR count). The van der Waals surface area contributed by atoms with E-state index in [2.05, 4.69) is 4.52 Å². The van der Waals surface area contributed by atoms with Crippen LogP contribution in [0.15, 0.2) is 0 Å². The summed E-state index contributed by atoms with van der Waals surface area (Å²) < 4.78 is 20.5. The average Bonchev–Trinajstić information content (AvgIpc) is 1.97. The van der Waals surface area contributed by atoms with Gasteiger partial charge in [0.2, 0.25) is 0 Å². The second-order valence-corrected chi connectivity index (χ2v) is 3.51. The fraction of sp³-hybridized carbons (Fsp3) is 0.800. The average molecular weight is 215 g/mol. The molecule has 0 saturated heterocycles. The van der Waals surface area contributed by atoms with Crippen molar-refractivity contribution >= 4 is 14.1 Å². The zero-order valence-electron chi connectivity index (χ0n) is 7.53. The minimum absolute atomic E-state index is 0.619. The van der Waals surface area contributed by atoms with Crippen LogP contribution in [0.4, 0.5) is 0 Å². The van der Waals surface area contributed by atoms with Crippen molar-refractivity contribution in [3.05, 3.63) is 0 Å². The molecule has 13 heavy (non-hydrogen) atoms. The predicted molar refractivity (Wildman–Crippen MR) is 40.7 cm³/mol. The van der Waals surface area contributed by atoms with Crippen LogP contribution in [-0.4, -0.2) is 45.1 Å². The summed E-state index contributed by atoms with van der Waals surface area (Å²) in [4.78, 5) is 26.6. The van der Waals surface area contributed by atoms with Crippen molar-refractivity contribution in [2.75, 3.05) is 6.61 Å². The van der Waals surface area contributed by atoms with Crippen molar-refractivity contribution in [3.8, 4) is 0 Å². The number of aldehydes is 1. The molecule has 0 aliphatic rings. The molecule has 0 aliphatic heterocycles. The molecular weight excluding hydrogens is 203 g/mol. The molecule has 0 fully saturated rings. The lowest BCUT2D eigenvalue weighted by Gasteiger charge is -2.15. The Kier molecular flexibility index (Phi) is 4.51. The second-order valence-electron chi connectivity index (χ2n) is 2.27. The third-order valence-electron chi connectivity index (χ3n) is 1.15. The molecule has 0 aromatic carbocycles. The van der Waals surface area contributed by atoms with Gasteiger partial charge in [-0.05, 0) is 0 Å². The van der Waals surface area contributed by atoms with E-state index in [0.29, 0.717) is 0 Å². The molecule has 0 spiro atoms. The summed E-state index contributed by atoms with van der Waals surface area (Å²) in [6, 6.07) is 0. The van der Waals surface area contributed by atoms with E-state index in [0.717, 1.165) is 0 Å². The first kappa shape index (κ1) is 10.8. The number of aliphatic hydroxyl groups excluding tert-OH is 2. The summed E-state index contributed by atoms with van der Waals surface area (Å²) in [6.45, 7) is -0.807. The molecule has 4 N–H and O–H groups in total. The Morgan fingerprint density at radius 1 is 1.46 bits per heavy atom. The highest BCUT2D eigenvalue weighted by atomic mass is 31.2. The topological polar surface area (TPSA) is 124 Å². The van der Waals surface area contributed by atoms with E-state index in [-0.39, 0.29) is 0 Å². The van der Waals surface area contributed by atoms with Crippen molar-refractivity contribution in [2.45, 2.75) is 18.6 Å². The van der Waals surface area contributed by atoms with Crippen LogP contribution in [0.1, 0.15) is 7.79 Å². The van der Waals surface area contributed by atoms with Crippen molar-refractivity contribution in [2.24, 2.45) is 0 Å². The van der Waals surface area contributed by atoms with Gasteiger partial charge in [0.05, 0.1) is 12.7 Å². The summed E-state index contributed by atoms with van der Waals surface area (Å²) in [5, 5.41) is 17.9. The van der Waals surface area contributed by atoms with Crippen molar-refractivity contribution in [3.63, 3.8) is 0 Å². The quantitative estimate of drug-likeness (QED) is 0.311. The minimum atomic E-state index is -4.70. The van der Waals surface area contributed by atoms with Gasteiger partial charge in [0.15, 0.2) is 0 Å². The van der Waals surface area contributed by atoms with Crippen molar-refractivity contribution in [1.29, 1.82) is 0 Å². The van der Waals surface area contributed by atoms with Crippen LogP contribution >= 0.6 is 7.82 Å². The fourth-order valence-corrected chi connectivity index (χ4v) is 0.853. The van der Waals surface area contributed by atoms with Gasteiger partial charge < -0.3 is 24.8 Å². The zero-order chi connectivity index (χ0) is 11.4. The maximum atomic E-state index is 10.2. The maximum Gasteiger partial charge on any atom is 0.469 e. The number of carbonyl (C=O) groups is 1. The van der Waals surface area contributed by atoms with E-state index in [1.165, 1.54) is 0 Å². The van der Waals surface area contributed by atoms with Gasteiger partial charge in [-0.15, -0.1) is 0 Å². The Morgan fingerprint density at radius 3 is 2.38 bits per heavy atom. The number of phosphoric acid groups is 1. The van der Waals surface area contributed by atoms with Crippen LogP contribution < -0.4 is 0 Å². The highest BCUT2D eigenvalue weighted by Crippen LogP contribution is 2.35. The van der Waals surface area contributed by atoms with E-state index in [1.54, 1.807) is 0 Å². The van der Waals surface area contributed by atoms with Gasteiger partial charge in [0, 0.05) is 6.42 Å². The number of aliphatic hydroxyl groups is 2. The molecular formula is C5H11O7P. The molecule has 0 heterocycles. The summed E-state index contributed by atoms with van der Waals surface area (Å²) in [6.07, 6.45) is -4.89. The van der Waals surface area contributed by atoms with Gasteiger partial charge in [0.1, 0.15) is 13.7 Å². The Bertz CT molecular complexity index is 238. The minimum Gasteiger partial charge on any atom is -0.390 e.